The smallest absolute Gasteiger partial charge is 0.337 e. The van der Waals surface area contributed by atoms with Crippen LogP contribution in [0.3, 0.4) is 0 Å². The summed E-state index contributed by atoms with van der Waals surface area (Å²) in [6, 6.07) is 6.51. The number of amides is 1. The molecule has 1 heterocycles. The van der Waals surface area contributed by atoms with Crippen molar-refractivity contribution in [2.24, 2.45) is 5.92 Å². The maximum atomic E-state index is 12.0. The van der Waals surface area contributed by atoms with E-state index in [2.05, 4.69) is 21.9 Å². The van der Waals surface area contributed by atoms with Gasteiger partial charge in [-0.05, 0) is 69.1 Å². The fourth-order valence-electron chi connectivity index (χ4n) is 2.77. The quantitative estimate of drug-likeness (QED) is 0.646. The number of carbonyl (C=O) groups excluding carboxylic acids is 2. The van der Waals surface area contributed by atoms with Gasteiger partial charge in [-0.15, -0.1) is 0 Å². The average Bonchev–Trinajstić information content (AvgIpc) is 2.59. The molecule has 0 spiro atoms. The van der Waals surface area contributed by atoms with Gasteiger partial charge in [0.2, 0.25) is 0 Å². The van der Waals surface area contributed by atoms with Gasteiger partial charge in [-0.25, -0.2) is 4.79 Å². The van der Waals surface area contributed by atoms with Crippen LogP contribution in [0.4, 0.5) is 0 Å². The van der Waals surface area contributed by atoms with Crippen molar-refractivity contribution in [1.29, 1.82) is 0 Å². The van der Waals surface area contributed by atoms with E-state index in [4.69, 9.17) is 0 Å². The Morgan fingerprint density at radius 1 is 1.17 bits per heavy atom. The van der Waals surface area contributed by atoms with E-state index >= 15 is 0 Å². The standard InChI is InChI=1S/C18H26N2O3/c1-14-8-12-20(13-9-14)11-3-10-19-17(21)15-4-6-16(7-5-15)18(22)23-2/h4-7,14H,3,8-13H2,1-2H3,(H,19,21). The molecule has 1 N–H and O–H groups in total. The van der Waals surface area contributed by atoms with Gasteiger partial charge >= 0.3 is 5.97 Å². The van der Waals surface area contributed by atoms with Crippen molar-refractivity contribution in [3.63, 3.8) is 0 Å². The van der Waals surface area contributed by atoms with E-state index in [1.165, 1.54) is 33.0 Å². The first kappa shape index (κ1) is 17.5. The van der Waals surface area contributed by atoms with E-state index in [0.29, 0.717) is 17.7 Å². The molecule has 1 aliphatic heterocycles. The number of benzene rings is 1. The summed E-state index contributed by atoms with van der Waals surface area (Å²) in [5.74, 6) is 0.348. The third kappa shape index (κ3) is 5.36. The van der Waals surface area contributed by atoms with Gasteiger partial charge in [0.1, 0.15) is 0 Å². The van der Waals surface area contributed by atoms with E-state index in [0.717, 1.165) is 18.9 Å². The molecule has 2 rings (SSSR count). The number of carbonyl (C=O) groups is 2. The third-order valence-electron chi connectivity index (χ3n) is 4.38. The van der Waals surface area contributed by atoms with Gasteiger partial charge in [-0.3, -0.25) is 4.79 Å². The molecule has 126 valence electrons. The predicted octanol–water partition coefficient (Wildman–Crippen LogP) is 2.33. The Bertz CT molecular complexity index is 520. The Balaban J connectivity index is 1.69. The molecule has 0 aliphatic carbocycles. The molecule has 0 saturated carbocycles. The minimum atomic E-state index is -0.396. The minimum Gasteiger partial charge on any atom is -0.465 e. The van der Waals surface area contributed by atoms with Crippen LogP contribution in [0.5, 0.6) is 0 Å². The highest BCUT2D eigenvalue weighted by molar-refractivity contribution is 5.96. The lowest BCUT2D eigenvalue weighted by Gasteiger charge is -2.30. The molecule has 23 heavy (non-hydrogen) atoms. The number of hydrogen-bond donors (Lipinski definition) is 1. The molecule has 1 aromatic rings. The summed E-state index contributed by atoms with van der Waals surface area (Å²) in [6.07, 6.45) is 3.51. The molecule has 1 fully saturated rings. The Labute approximate surface area is 138 Å². The van der Waals surface area contributed by atoms with Crippen LogP contribution in [0.1, 0.15) is 46.9 Å². The Hall–Kier alpha value is -1.88. The maximum absolute atomic E-state index is 12.0. The van der Waals surface area contributed by atoms with Crippen molar-refractivity contribution in [2.45, 2.75) is 26.2 Å². The van der Waals surface area contributed by atoms with Crippen molar-refractivity contribution in [2.75, 3.05) is 33.3 Å². The van der Waals surface area contributed by atoms with Gasteiger partial charge in [0.15, 0.2) is 0 Å². The van der Waals surface area contributed by atoms with Crippen molar-refractivity contribution in [3.8, 4) is 0 Å². The molecule has 1 saturated heterocycles. The maximum Gasteiger partial charge on any atom is 0.337 e. The number of nitrogens with one attached hydrogen (secondary N) is 1. The number of ether oxygens (including phenoxy) is 1. The van der Waals surface area contributed by atoms with Crippen LogP contribution in [0, 0.1) is 5.92 Å². The van der Waals surface area contributed by atoms with Crippen LogP contribution in [0.25, 0.3) is 0 Å². The summed E-state index contributed by atoms with van der Waals surface area (Å²) in [5.41, 5.74) is 1.01. The Morgan fingerprint density at radius 3 is 2.39 bits per heavy atom. The number of nitrogens with zero attached hydrogens (tertiary/aromatic N) is 1. The van der Waals surface area contributed by atoms with Gasteiger partial charge in [0.25, 0.3) is 5.91 Å². The van der Waals surface area contributed by atoms with Crippen LogP contribution in [-0.4, -0.2) is 50.1 Å². The highest BCUT2D eigenvalue weighted by Crippen LogP contribution is 2.15. The monoisotopic (exact) mass is 318 g/mol. The number of esters is 1. The number of hydrogen-bond acceptors (Lipinski definition) is 4. The highest BCUT2D eigenvalue weighted by Gasteiger charge is 2.15. The van der Waals surface area contributed by atoms with Crippen molar-refractivity contribution in [1.82, 2.24) is 10.2 Å². The fourth-order valence-corrected chi connectivity index (χ4v) is 2.77. The predicted molar refractivity (Wildman–Crippen MR) is 89.6 cm³/mol. The molecule has 5 nitrogen and oxygen atoms in total. The van der Waals surface area contributed by atoms with Crippen LogP contribution in [0.15, 0.2) is 24.3 Å². The van der Waals surface area contributed by atoms with Gasteiger partial charge in [0, 0.05) is 12.1 Å². The van der Waals surface area contributed by atoms with E-state index in [-0.39, 0.29) is 5.91 Å². The molecular weight excluding hydrogens is 292 g/mol. The van der Waals surface area contributed by atoms with E-state index < -0.39 is 5.97 Å². The van der Waals surface area contributed by atoms with E-state index in [1.807, 2.05) is 0 Å². The second-order valence-corrected chi connectivity index (χ2v) is 6.20. The molecule has 0 radical (unpaired) electrons. The Kier molecular flexibility index (Phi) is 6.59. The fraction of sp³-hybridized carbons (Fsp3) is 0.556. The van der Waals surface area contributed by atoms with Crippen LogP contribution in [0.2, 0.25) is 0 Å². The SMILES string of the molecule is COC(=O)c1ccc(C(=O)NCCCN2CCC(C)CC2)cc1. The summed E-state index contributed by atoms with van der Waals surface area (Å²) in [7, 11) is 1.34. The summed E-state index contributed by atoms with van der Waals surface area (Å²) < 4.78 is 4.64. The molecule has 0 atom stereocenters. The first-order chi connectivity index (χ1) is 11.1. The van der Waals surface area contributed by atoms with Gasteiger partial charge in [0.05, 0.1) is 12.7 Å². The Morgan fingerprint density at radius 2 is 1.78 bits per heavy atom. The summed E-state index contributed by atoms with van der Waals surface area (Å²) >= 11 is 0. The lowest BCUT2D eigenvalue weighted by molar-refractivity contribution is 0.0600. The molecule has 1 amide bonds. The van der Waals surface area contributed by atoms with Crippen molar-refractivity contribution >= 4 is 11.9 Å². The van der Waals surface area contributed by atoms with Gasteiger partial charge in [-0.2, -0.15) is 0 Å². The van der Waals surface area contributed by atoms with Crippen LogP contribution < -0.4 is 5.32 Å². The summed E-state index contributed by atoms with van der Waals surface area (Å²) in [4.78, 5) is 25.9. The van der Waals surface area contributed by atoms with Crippen molar-refractivity contribution in [3.05, 3.63) is 35.4 Å². The first-order valence-electron chi connectivity index (χ1n) is 8.29. The molecule has 5 heteroatoms. The molecule has 0 unspecified atom stereocenters. The number of likely N-dealkylation sites (tertiary alicyclic amines) is 1. The summed E-state index contributed by atoms with van der Waals surface area (Å²) in [6.45, 7) is 6.36. The largest absolute Gasteiger partial charge is 0.465 e. The minimum absolute atomic E-state index is 0.103. The van der Waals surface area contributed by atoms with E-state index in [9.17, 15) is 9.59 Å². The lowest BCUT2D eigenvalue weighted by Crippen LogP contribution is -2.35. The number of methoxy groups -OCH3 is 1. The number of piperidine rings is 1. The second kappa shape index (κ2) is 8.67. The van der Waals surface area contributed by atoms with E-state index in [1.54, 1.807) is 24.3 Å². The molecule has 1 aliphatic rings. The third-order valence-corrected chi connectivity index (χ3v) is 4.38. The molecule has 0 bridgehead atoms. The topological polar surface area (TPSA) is 58.6 Å². The molecule has 0 aromatic heterocycles. The molecular formula is C18H26N2O3. The molecule has 1 aromatic carbocycles. The van der Waals surface area contributed by atoms with Crippen molar-refractivity contribution < 1.29 is 14.3 Å². The lowest BCUT2D eigenvalue weighted by atomic mass is 9.99. The summed E-state index contributed by atoms with van der Waals surface area (Å²) in [5, 5.41) is 2.93. The normalized spacial score (nSPS) is 16.1. The van der Waals surface area contributed by atoms with Crippen LogP contribution in [-0.2, 0) is 4.74 Å². The zero-order valence-corrected chi connectivity index (χ0v) is 14.0. The average molecular weight is 318 g/mol. The van der Waals surface area contributed by atoms with Gasteiger partial charge in [-0.1, -0.05) is 6.92 Å². The van der Waals surface area contributed by atoms with Crippen LogP contribution >= 0.6 is 0 Å². The second-order valence-electron chi connectivity index (χ2n) is 6.20. The number of rotatable bonds is 6. The highest BCUT2D eigenvalue weighted by atomic mass is 16.5. The van der Waals surface area contributed by atoms with Gasteiger partial charge < -0.3 is 15.0 Å². The zero-order chi connectivity index (χ0) is 16.7. The first-order valence-corrected chi connectivity index (χ1v) is 8.29. The zero-order valence-electron chi connectivity index (χ0n) is 14.0.